The lowest BCUT2D eigenvalue weighted by Crippen LogP contribution is -2.24. The second kappa shape index (κ2) is 54.4. The molecule has 14 rings (SSSR count). The van der Waals surface area contributed by atoms with E-state index in [2.05, 4.69) is 88.7 Å². The number of carbonyl (C=O) groups excluding carboxylic acids is 7. The fourth-order valence-electron chi connectivity index (χ4n) is 13.3. The molecule has 0 bridgehead atoms. The number of halogens is 17. The number of thioether (sulfide) groups is 2. The van der Waals surface area contributed by atoms with Crippen LogP contribution in [0.5, 0.6) is 0 Å². The van der Waals surface area contributed by atoms with Gasteiger partial charge in [-0.3, -0.25) is 53.3 Å². The number of carboxylic acids is 2. The van der Waals surface area contributed by atoms with Crippen LogP contribution in [0.1, 0.15) is 162 Å². The Bertz CT molecular complexity index is 7160. The van der Waals surface area contributed by atoms with E-state index in [1.807, 2.05) is 32.9 Å². The summed E-state index contributed by atoms with van der Waals surface area (Å²) in [7, 11) is 0. The maximum atomic E-state index is 13.3. The van der Waals surface area contributed by atoms with Crippen LogP contribution in [0.4, 0.5) is 69.7 Å². The summed E-state index contributed by atoms with van der Waals surface area (Å²) >= 11 is 27.7. The zero-order valence-electron chi connectivity index (χ0n) is 78.3. The summed E-state index contributed by atoms with van der Waals surface area (Å²) in [6, 6.07) is 62.8. The third-order valence-corrected chi connectivity index (χ3v) is 24.0. The van der Waals surface area contributed by atoms with E-state index in [9.17, 15) is 95.8 Å². The highest BCUT2D eigenvalue weighted by Gasteiger charge is 2.34. The first-order valence-electron chi connectivity index (χ1n) is 44.1. The van der Waals surface area contributed by atoms with Crippen molar-refractivity contribution in [3.05, 3.63) is 411 Å². The van der Waals surface area contributed by atoms with Crippen LogP contribution in [0.15, 0.2) is 301 Å². The van der Waals surface area contributed by atoms with E-state index in [-0.39, 0.29) is 73.5 Å². The van der Waals surface area contributed by atoms with Gasteiger partial charge in [-0.15, -0.1) is 0 Å². The predicted molar refractivity (Wildman–Crippen MR) is 554 cm³/mol. The Hall–Kier alpha value is -14.6. The first kappa shape index (κ1) is 116. The molecular formula is C106H87Br2Cl3F12N12O12S2. The lowest BCUT2D eigenvalue weighted by molar-refractivity contribution is -0.154. The predicted octanol–water partition coefficient (Wildman–Crippen LogP) is 26.1. The number of rotatable bonds is 30. The van der Waals surface area contributed by atoms with Crippen molar-refractivity contribution in [3.8, 4) is 33.8 Å². The van der Waals surface area contributed by atoms with Gasteiger partial charge in [0.25, 0.3) is 35.4 Å². The van der Waals surface area contributed by atoms with Gasteiger partial charge in [0, 0.05) is 151 Å². The van der Waals surface area contributed by atoms with Crippen LogP contribution >= 0.6 is 90.2 Å². The topological polar surface area (TPSA) is 366 Å². The zero-order valence-corrected chi connectivity index (χ0v) is 85.4. The van der Waals surface area contributed by atoms with Crippen LogP contribution in [-0.4, -0.2) is 106 Å². The van der Waals surface area contributed by atoms with E-state index in [0.717, 1.165) is 59.7 Å². The van der Waals surface area contributed by atoms with Crippen molar-refractivity contribution in [2.75, 3.05) is 27.9 Å². The highest BCUT2D eigenvalue weighted by Crippen LogP contribution is 2.38. The minimum absolute atomic E-state index is 0.0166. The van der Waals surface area contributed by atoms with Gasteiger partial charge in [-0.2, -0.15) is 76.2 Å². The van der Waals surface area contributed by atoms with E-state index in [1.165, 1.54) is 146 Å². The fraction of sp³-hybridized carbons (Fsp3) is 0.170. The number of nitrogen functional groups attached to an aromatic ring is 1. The SMILES string of the molecule is CC(C)(C)OC(=O)CCSCc1cccc(C(=O)Nc2ccc(Cl)cc2-c2cc(C(=O)NCc3cccc(C(F)(F)F)c3)ccn2)c1.Nc1ccc(Cl)cc1-c1cc(C(=O)NCc2cccc(C(F)(F)F)c2)ccn1.O=C(NCc1cccc(C(F)(F)F)c1)c1ccnc(Br)c1.O=C(O)CCSCc1cccc(C(=O)Nc2ccc(Cl)cc2-c2cc(C(=O)NCc3cccc(C(F)(F)F)c3)ccn2)c1.O=C(O)c1ccnc(Br)c1. The Labute approximate surface area is 885 Å². The van der Waals surface area contributed by atoms with E-state index in [0.29, 0.717) is 143 Å². The summed E-state index contributed by atoms with van der Waals surface area (Å²) in [5.74, 6) is -2.51. The quantitative estimate of drug-likeness (QED) is 0.00664. The number of aliphatic carboxylic acids is 1. The largest absolute Gasteiger partial charge is 0.481 e. The van der Waals surface area contributed by atoms with Crippen molar-refractivity contribution in [3.63, 3.8) is 0 Å². The number of alkyl halides is 12. The van der Waals surface area contributed by atoms with Crippen molar-refractivity contribution < 1.29 is 111 Å². The molecule has 6 amide bonds. The maximum Gasteiger partial charge on any atom is 0.416 e. The summed E-state index contributed by atoms with van der Waals surface area (Å²) in [6.45, 7) is 5.22. The van der Waals surface area contributed by atoms with Crippen molar-refractivity contribution in [2.45, 2.75) is 102 Å². The molecule has 0 unspecified atom stereocenters. The molecule has 0 aliphatic carbocycles. The molecule has 24 nitrogen and oxygen atoms in total. The Morgan fingerprint density at radius 2 is 0.638 bits per heavy atom. The van der Waals surface area contributed by atoms with Crippen molar-refractivity contribution in [2.24, 2.45) is 0 Å². The molecule has 774 valence electrons. The van der Waals surface area contributed by atoms with Gasteiger partial charge >= 0.3 is 42.6 Å². The van der Waals surface area contributed by atoms with Gasteiger partial charge in [0.05, 0.1) is 69.1 Å². The molecule has 5 heterocycles. The number of hydrogen-bond acceptors (Lipinski definition) is 18. The number of nitrogens with one attached hydrogen (secondary N) is 6. The second-order valence-electron chi connectivity index (χ2n) is 32.9. The number of ether oxygens (including phenoxy) is 1. The first-order chi connectivity index (χ1) is 70.5. The lowest BCUT2D eigenvalue weighted by atomic mass is 10.1. The number of anilines is 3. The van der Waals surface area contributed by atoms with Crippen LogP contribution in [0, 0.1) is 0 Å². The number of nitrogens with zero attached hydrogens (tertiary/aromatic N) is 5. The van der Waals surface area contributed by atoms with Gasteiger partial charge in [0.1, 0.15) is 14.8 Å². The fourth-order valence-corrected chi connectivity index (χ4v) is 16.3. The number of benzene rings is 9. The third-order valence-electron chi connectivity index (χ3n) is 20.4. The molecule has 0 radical (unpaired) electrons. The summed E-state index contributed by atoms with van der Waals surface area (Å²) in [4.78, 5) is 130. The molecule has 10 N–H and O–H groups in total. The molecular weight excluding hydrogens is 2190 g/mol. The summed E-state index contributed by atoms with van der Waals surface area (Å²) < 4.78 is 161. The van der Waals surface area contributed by atoms with Gasteiger partial charge in [0.2, 0.25) is 0 Å². The number of pyridine rings is 5. The Balaban J connectivity index is 0.000000203. The van der Waals surface area contributed by atoms with Gasteiger partial charge < -0.3 is 52.6 Å². The summed E-state index contributed by atoms with van der Waals surface area (Å²) in [6.07, 6.45) is -10.3. The smallest absolute Gasteiger partial charge is 0.416 e. The number of aromatic carboxylic acids is 1. The maximum absolute atomic E-state index is 13.3. The molecule has 0 fully saturated rings. The molecule has 0 atom stereocenters. The van der Waals surface area contributed by atoms with Crippen molar-refractivity contribution in [1.82, 2.24) is 46.2 Å². The molecule has 9 aromatic carbocycles. The summed E-state index contributed by atoms with van der Waals surface area (Å²) in [5, 5.41) is 34.7. The van der Waals surface area contributed by atoms with Gasteiger partial charge in [-0.25, -0.2) is 14.8 Å². The second-order valence-corrected chi connectivity index (χ2v) is 38.0. The molecule has 0 saturated heterocycles. The van der Waals surface area contributed by atoms with E-state index >= 15 is 0 Å². The molecule has 0 saturated carbocycles. The van der Waals surface area contributed by atoms with Crippen LogP contribution in [0.2, 0.25) is 15.1 Å². The standard InChI is InChI=1S/C35H33ClF3N3O4S.C31H25ClF3N3O4S.C20H15ClF3N3O.C14H10BrF3N2O.C6H4BrNO2/c1-34(2,3)46-31(43)13-15-47-21-23-7-4-8-24(16-23)33(45)42-29-11-10-27(36)19-28(29)30-18-25(12-14-40-30)32(44)41-20-22-6-5-9-26(17-22)35(37,38)39;32-24-7-8-26(38-30(42)21-5-1-4-20(13-21)18-43-12-10-28(39)40)25(16-24)27-15-22(9-11-36-27)29(41)37-17-19-3-2-6-23(14-19)31(33,34)35;21-15-4-5-17(25)16(10-15)18-9-13(6-7-26-18)19(28)27-11-12-2-1-3-14(8-12)20(22,23)24;15-12-7-10(4-5-19-12)13(21)20-8-9-2-1-3-11(6-9)14(16,17)18;7-5-3-4(6(9)10)1-2-8-5/h4-12,14,16-19H,13,15,20-21H2,1-3H3,(H,41,44)(H,42,45);1-9,11,13-16H,10,12,17-18H2,(H,37,41)(H,38,42)(H,39,40);1-10H,11,25H2,(H,27,28);1-7H,8H2,(H,20,21);1-3H,(H,9,10). The van der Waals surface area contributed by atoms with Gasteiger partial charge in [-0.1, -0.05) is 108 Å². The molecule has 0 spiro atoms. The number of hydrogen-bond donors (Lipinski definition) is 9. The van der Waals surface area contributed by atoms with Crippen LogP contribution in [-0.2, 0) is 76.7 Å². The molecule has 5 aromatic heterocycles. The van der Waals surface area contributed by atoms with Crippen molar-refractivity contribution in [1.29, 1.82) is 0 Å². The highest BCUT2D eigenvalue weighted by atomic mass is 79.9. The average molecular weight is 2280 g/mol. The molecule has 149 heavy (non-hydrogen) atoms. The number of carbonyl (C=O) groups is 9. The van der Waals surface area contributed by atoms with E-state index in [1.54, 1.807) is 109 Å². The molecule has 43 heteroatoms. The lowest BCUT2D eigenvalue weighted by Gasteiger charge is -2.19. The third kappa shape index (κ3) is 38.3. The Kier molecular flexibility index (Phi) is 42.5. The van der Waals surface area contributed by atoms with Crippen LogP contribution < -0.4 is 37.6 Å². The molecule has 0 aliphatic heterocycles. The minimum Gasteiger partial charge on any atom is -0.481 e. The molecule has 0 aliphatic rings. The van der Waals surface area contributed by atoms with Crippen LogP contribution in [0.3, 0.4) is 0 Å². The van der Waals surface area contributed by atoms with Crippen LogP contribution in [0.25, 0.3) is 33.8 Å². The molecule has 14 aromatic rings. The van der Waals surface area contributed by atoms with Gasteiger partial charge in [-0.05, 0) is 274 Å². The number of esters is 1. The van der Waals surface area contributed by atoms with E-state index in [4.69, 9.17) is 55.5 Å². The number of amides is 6. The zero-order chi connectivity index (χ0) is 109. The monoisotopic (exact) mass is 2270 g/mol. The van der Waals surface area contributed by atoms with Gasteiger partial charge in [0.15, 0.2) is 0 Å². The number of carboxylic acid groups (broad SMARTS) is 2. The Morgan fingerprint density at radius 3 is 0.966 bits per heavy atom. The Morgan fingerprint density at radius 1 is 0.342 bits per heavy atom. The van der Waals surface area contributed by atoms with Crippen molar-refractivity contribution >= 4 is 161 Å². The number of aromatic nitrogens is 5. The average Bonchev–Trinajstić information content (AvgIpc) is 0.809. The minimum atomic E-state index is -4.49. The first-order valence-corrected chi connectivity index (χ1v) is 49.2. The number of nitrogens with two attached hydrogens (primary N) is 1. The highest BCUT2D eigenvalue weighted by molar-refractivity contribution is 9.10. The normalized spacial score (nSPS) is 11.2. The summed E-state index contributed by atoms with van der Waals surface area (Å²) in [5.41, 5.74) is 11.5. The van der Waals surface area contributed by atoms with E-state index < -0.39 is 88.1 Å².